The van der Waals surface area contributed by atoms with E-state index >= 15 is 0 Å². The van der Waals surface area contributed by atoms with E-state index in [1.807, 2.05) is 19.2 Å². The van der Waals surface area contributed by atoms with Crippen molar-refractivity contribution in [2.45, 2.75) is 6.42 Å². The van der Waals surface area contributed by atoms with Crippen LogP contribution in [-0.2, 0) is 4.74 Å². The van der Waals surface area contributed by atoms with Crippen LogP contribution < -0.4 is 10.6 Å². The van der Waals surface area contributed by atoms with Gasteiger partial charge in [0.25, 0.3) is 0 Å². The van der Waals surface area contributed by atoms with Gasteiger partial charge in [0, 0.05) is 37.8 Å². The zero-order valence-corrected chi connectivity index (χ0v) is 10.2. The van der Waals surface area contributed by atoms with Crippen molar-refractivity contribution in [1.29, 1.82) is 0 Å². The van der Waals surface area contributed by atoms with Crippen LogP contribution in [0.4, 0.5) is 5.69 Å². The number of nitrogens with zero attached hydrogens (tertiary/aromatic N) is 1. The predicted molar refractivity (Wildman–Crippen MR) is 68.3 cm³/mol. The van der Waals surface area contributed by atoms with Crippen molar-refractivity contribution in [3.63, 3.8) is 0 Å². The van der Waals surface area contributed by atoms with Crippen molar-refractivity contribution in [2.24, 2.45) is 11.1 Å². The highest BCUT2D eigenvalue weighted by Crippen LogP contribution is 2.30. The molecule has 1 aromatic carbocycles. The van der Waals surface area contributed by atoms with Crippen molar-refractivity contribution < 1.29 is 9.84 Å². The number of benzene rings is 1. The molecule has 1 fully saturated rings. The Kier molecular flexibility index (Phi) is 3.54. The minimum absolute atomic E-state index is 0.0760. The van der Waals surface area contributed by atoms with Gasteiger partial charge in [-0.05, 0) is 30.7 Å². The average molecular weight is 236 g/mol. The van der Waals surface area contributed by atoms with Crippen LogP contribution in [0.2, 0.25) is 0 Å². The normalized spacial score (nSPS) is 23.9. The second-order valence-corrected chi connectivity index (χ2v) is 4.88. The summed E-state index contributed by atoms with van der Waals surface area (Å²) in [6.45, 7) is 3.08. The maximum atomic E-state index is 9.26. The largest absolute Gasteiger partial charge is 0.508 e. The third-order valence-corrected chi connectivity index (χ3v) is 3.48. The Morgan fingerprint density at radius 2 is 2.12 bits per heavy atom. The van der Waals surface area contributed by atoms with Crippen molar-refractivity contribution in [2.75, 3.05) is 38.3 Å². The van der Waals surface area contributed by atoms with E-state index in [1.165, 1.54) is 0 Å². The van der Waals surface area contributed by atoms with E-state index in [9.17, 15) is 5.11 Å². The number of rotatable bonds is 4. The maximum absolute atomic E-state index is 9.26. The van der Waals surface area contributed by atoms with Crippen LogP contribution in [0.5, 0.6) is 5.75 Å². The van der Waals surface area contributed by atoms with E-state index in [0.29, 0.717) is 12.3 Å². The zero-order valence-electron chi connectivity index (χ0n) is 10.2. The van der Waals surface area contributed by atoms with E-state index in [-0.39, 0.29) is 5.41 Å². The lowest BCUT2D eigenvalue weighted by atomic mass is 9.87. The minimum atomic E-state index is 0.0760. The fraction of sp³-hybridized carbons (Fsp3) is 0.538. The summed E-state index contributed by atoms with van der Waals surface area (Å²) in [7, 11) is 2.04. The van der Waals surface area contributed by atoms with Crippen LogP contribution >= 0.6 is 0 Å². The van der Waals surface area contributed by atoms with Gasteiger partial charge >= 0.3 is 0 Å². The van der Waals surface area contributed by atoms with Gasteiger partial charge in [-0.1, -0.05) is 0 Å². The molecule has 1 aromatic rings. The van der Waals surface area contributed by atoms with Gasteiger partial charge in [-0.2, -0.15) is 0 Å². The van der Waals surface area contributed by atoms with E-state index in [4.69, 9.17) is 10.5 Å². The Hall–Kier alpha value is -1.26. The van der Waals surface area contributed by atoms with Crippen molar-refractivity contribution in [1.82, 2.24) is 0 Å². The molecule has 0 amide bonds. The van der Waals surface area contributed by atoms with Crippen LogP contribution in [0.25, 0.3) is 0 Å². The molecule has 0 aromatic heterocycles. The summed E-state index contributed by atoms with van der Waals surface area (Å²) >= 11 is 0. The first-order chi connectivity index (χ1) is 8.15. The number of aromatic hydroxyl groups is 1. The molecule has 0 aliphatic carbocycles. The van der Waals surface area contributed by atoms with Crippen LogP contribution in [0.1, 0.15) is 6.42 Å². The average Bonchev–Trinajstić information content (AvgIpc) is 2.79. The zero-order chi connectivity index (χ0) is 12.3. The molecular formula is C13H20N2O2. The smallest absolute Gasteiger partial charge is 0.115 e. The molecule has 1 unspecified atom stereocenters. The van der Waals surface area contributed by atoms with Gasteiger partial charge in [-0.15, -0.1) is 0 Å². The molecule has 0 bridgehead atoms. The Bertz CT molecular complexity index is 358. The van der Waals surface area contributed by atoms with Gasteiger partial charge in [0.2, 0.25) is 0 Å². The third-order valence-electron chi connectivity index (χ3n) is 3.48. The SMILES string of the molecule is CN(CC1(CN)CCOC1)c1ccc(O)cc1. The van der Waals surface area contributed by atoms with Crippen LogP contribution in [0.3, 0.4) is 0 Å². The number of nitrogens with two attached hydrogens (primary N) is 1. The van der Waals surface area contributed by atoms with Gasteiger partial charge in [0.15, 0.2) is 0 Å². The van der Waals surface area contributed by atoms with Crippen LogP contribution in [0.15, 0.2) is 24.3 Å². The van der Waals surface area contributed by atoms with Gasteiger partial charge in [0.1, 0.15) is 5.75 Å². The van der Waals surface area contributed by atoms with E-state index in [2.05, 4.69) is 4.90 Å². The Morgan fingerprint density at radius 1 is 1.41 bits per heavy atom. The van der Waals surface area contributed by atoms with Gasteiger partial charge < -0.3 is 20.5 Å². The monoisotopic (exact) mass is 236 g/mol. The molecule has 17 heavy (non-hydrogen) atoms. The van der Waals surface area contributed by atoms with E-state index in [1.54, 1.807) is 12.1 Å². The summed E-state index contributed by atoms with van der Waals surface area (Å²) in [4.78, 5) is 2.17. The number of anilines is 1. The quantitative estimate of drug-likeness (QED) is 0.824. The minimum Gasteiger partial charge on any atom is -0.508 e. The molecule has 1 aliphatic heterocycles. The molecule has 1 saturated heterocycles. The van der Waals surface area contributed by atoms with Gasteiger partial charge in [0.05, 0.1) is 6.61 Å². The van der Waals surface area contributed by atoms with Crippen LogP contribution in [-0.4, -0.2) is 38.5 Å². The van der Waals surface area contributed by atoms with E-state index < -0.39 is 0 Å². The standard InChI is InChI=1S/C13H20N2O2/c1-15(11-2-4-12(16)5-3-11)9-13(8-14)6-7-17-10-13/h2-5,16H,6-10,14H2,1H3. The number of ether oxygens (including phenoxy) is 1. The predicted octanol–water partition coefficient (Wildman–Crippen LogP) is 1.19. The molecule has 94 valence electrons. The first kappa shape index (κ1) is 12.2. The third kappa shape index (κ3) is 2.70. The molecule has 0 radical (unpaired) electrons. The lowest BCUT2D eigenvalue weighted by Gasteiger charge is -2.32. The number of phenolic OH excluding ortho intramolecular Hbond substituents is 1. The topological polar surface area (TPSA) is 58.7 Å². The highest BCUT2D eigenvalue weighted by molar-refractivity contribution is 5.48. The second-order valence-electron chi connectivity index (χ2n) is 4.88. The summed E-state index contributed by atoms with van der Waals surface area (Å²) in [6, 6.07) is 7.23. The first-order valence-corrected chi connectivity index (χ1v) is 5.93. The molecule has 4 heteroatoms. The molecule has 3 N–H and O–H groups in total. The Morgan fingerprint density at radius 3 is 2.65 bits per heavy atom. The molecule has 1 heterocycles. The van der Waals surface area contributed by atoms with Crippen molar-refractivity contribution in [3.8, 4) is 5.75 Å². The molecule has 0 spiro atoms. The fourth-order valence-corrected chi connectivity index (χ4v) is 2.30. The summed E-state index contributed by atoms with van der Waals surface area (Å²) in [5.41, 5.74) is 7.03. The summed E-state index contributed by atoms with van der Waals surface area (Å²) in [5.74, 6) is 0.292. The number of hydrogen-bond acceptors (Lipinski definition) is 4. The molecule has 1 atom stereocenters. The fourth-order valence-electron chi connectivity index (χ4n) is 2.30. The second kappa shape index (κ2) is 4.94. The first-order valence-electron chi connectivity index (χ1n) is 5.93. The molecule has 0 saturated carbocycles. The molecule has 4 nitrogen and oxygen atoms in total. The highest BCUT2D eigenvalue weighted by Gasteiger charge is 2.34. The summed E-state index contributed by atoms with van der Waals surface area (Å²) < 4.78 is 5.46. The summed E-state index contributed by atoms with van der Waals surface area (Å²) in [6.07, 6.45) is 1.02. The Balaban J connectivity index is 2.05. The number of hydrogen-bond donors (Lipinski definition) is 2. The van der Waals surface area contributed by atoms with Crippen molar-refractivity contribution in [3.05, 3.63) is 24.3 Å². The van der Waals surface area contributed by atoms with Gasteiger partial charge in [-0.3, -0.25) is 0 Å². The van der Waals surface area contributed by atoms with Crippen LogP contribution in [0, 0.1) is 5.41 Å². The van der Waals surface area contributed by atoms with Crippen molar-refractivity contribution >= 4 is 5.69 Å². The molecule has 1 aliphatic rings. The lowest BCUT2D eigenvalue weighted by molar-refractivity contribution is 0.157. The lowest BCUT2D eigenvalue weighted by Crippen LogP contribution is -2.41. The highest BCUT2D eigenvalue weighted by atomic mass is 16.5. The number of phenols is 1. The van der Waals surface area contributed by atoms with E-state index in [0.717, 1.165) is 31.9 Å². The maximum Gasteiger partial charge on any atom is 0.115 e. The molecular weight excluding hydrogens is 216 g/mol. The Labute approximate surface area is 102 Å². The van der Waals surface area contributed by atoms with Gasteiger partial charge in [-0.25, -0.2) is 0 Å². The molecule has 2 rings (SSSR count). The summed E-state index contributed by atoms with van der Waals surface area (Å²) in [5, 5.41) is 9.26.